The molecule has 1 N–H and O–H groups in total. The van der Waals surface area contributed by atoms with Gasteiger partial charge in [0.15, 0.2) is 11.2 Å². The van der Waals surface area contributed by atoms with E-state index >= 15 is 0 Å². The van der Waals surface area contributed by atoms with Crippen molar-refractivity contribution in [3.8, 4) is 0 Å². The van der Waals surface area contributed by atoms with E-state index in [4.69, 9.17) is 0 Å². The lowest BCUT2D eigenvalue weighted by Gasteiger charge is -2.40. The Labute approximate surface area is 127 Å². The quantitative estimate of drug-likeness (QED) is 0.802. The highest BCUT2D eigenvalue weighted by Crippen LogP contribution is 2.29. The Morgan fingerprint density at radius 1 is 1.18 bits per heavy atom. The van der Waals surface area contributed by atoms with Crippen LogP contribution in [0.4, 0.5) is 5.95 Å². The average Bonchev–Trinajstić information content (AvgIpc) is 2.90. The number of aliphatic hydroxyl groups is 1. The first kappa shape index (κ1) is 14.8. The number of rotatable bonds is 2. The number of hydrogen-bond acceptors (Lipinski definition) is 5. The molecule has 0 radical (unpaired) electrons. The van der Waals surface area contributed by atoms with Crippen molar-refractivity contribution >= 4 is 17.1 Å². The third-order valence-corrected chi connectivity index (χ3v) is 4.45. The fourth-order valence-electron chi connectivity index (χ4n) is 3.00. The molecule has 2 aromatic rings. The van der Waals surface area contributed by atoms with Crippen molar-refractivity contribution in [2.24, 2.45) is 14.1 Å². The Balaban J connectivity index is 2.38. The number of aromatic nitrogens is 4. The number of fused-ring (bicyclic) bond motifs is 3. The standard InChI is InChI=1S/C14H21N5O3/c1-14(2,8-20)19-7-5-6-18-9-10(15-12(18)19)16(3)13(22)17(4)11(9)21/h20H,5-8H2,1-4H3. The molecule has 0 bridgehead atoms. The summed E-state index contributed by atoms with van der Waals surface area (Å²) >= 11 is 0. The number of aliphatic hydroxyl groups excluding tert-OH is 1. The van der Waals surface area contributed by atoms with Crippen LogP contribution in [0.5, 0.6) is 0 Å². The van der Waals surface area contributed by atoms with Gasteiger partial charge < -0.3 is 14.6 Å². The first-order chi connectivity index (χ1) is 10.3. The highest BCUT2D eigenvalue weighted by atomic mass is 16.3. The maximum Gasteiger partial charge on any atom is 0.332 e. The van der Waals surface area contributed by atoms with Gasteiger partial charge in [0, 0.05) is 27.2 Å². The number of aryl methyl sites for hydroxylation is 2. The summed E-state index contributed by atoms with van der Waals surface area (Å²) in [6.45, 7) is 5.27. The second-order valence-electron chi connectivity index (χ2n) is 6.42. The fraction of sp³-hybridized carbons (Fsp3) is 0.643. The van der Waals surface area contributed by atoms with Gasteiger partial charge in [-0.05, 0) is 20.3 Å². The van der Waals surface area contributed by atoms with Gasteiger partial charge >= 0.3 is 5.69 Å². The number of nitrogens with zero attached hydrogens (tertiary/aromatic N) is 5. The van der Waals surface area contributed by atoms with Crippen molar-refractivity contribution in [3.63, 3.8) is 0 Å². The molecule has 1 aliphatic rings. The molecule has 0 unspecified atom stereocenters. The summed E-state index contributed by atoms with van der Waals surface area (Å²) in [5.74, 6) is 0.638. The molecule has 0 aliphatic carbocycles. The molecule has 2 aromatic heterocycles. The minimum absolute atomic E-state index is 0.0207. The zero-order chi connectivity index (χ0) is 16.2. The monoisotopic (exact) mass is 307 g/mol. The molecule has 3 heterocycles. The van der Waals surface area contributed by atoms with Crippen LogP contribution in [-0.2, 0) is 20.6 Å². The molecule has 22 heavy (non-hydrogen) atoms. The normalized spacial score (nSPS) is 15.4. The second kappa shape index (κ2) is 4.70. The predicted octanol–water partition coefficient (Wildman–Crippen LogP) is -0.585. The highest BCUT2D eigenvalue weighted by molar-refractivity contribution is 5.75. The first-order valence-corrected chi connectivity index (χ1v) is 7.34. The topological polar surface area (TPSA) is 85.3 Å². The Morgan fingerprint density at radius 3 is 2.50 bits per heavy atom. The van der Waals surface area contributed by atoms with Gasteiger partial charge in [-0.3, -0.25) is 13.9 Å². The lowest BCUT2D eigenvalue weighted by atomic mass is 10.0. The van der Waals surface area contributed by atoms with Crippen molar-refractivity contribution in [3.05, 3.63) is 20.8 Å². The molecule has 0 saturated carbocycles. The fourth-order valence-corrected chi connectivity index (χ4v) is 3.00. The summed E-state index contributed by atoms with van der Waals surface area (Å²) in [4.78, 5) is 31.1. The van der Waals surface area contributed by atoms with E-state index in [1.54, 1.807) is 7.05 Å². The highest BCUT2D eigenvalue weighted by Gasteiger charge is 2.33. The molecule has 1 aliphatic heterocycles. The van der Waals surface area contributed by atoms with Crippen LogP contribution in [0.25, 0.3) is 11.2 Å². The largest absolute Gasteiger partial charge is 0.394 e. The van der Waals surface area contributed by atoms with Gasteiger partial charge in [-0.1, -0.05) is 0 Å². The first-order valence-electron chi connectivity index (χ1n) is 7.34. The van der Waals surface area contributed by atoms with E-state index in [1.807, 2.05) is 23.3 Å². The SMILES string of the molecule is Cn1c(=O)c2c(nc3n2CCCN3C(C)(C)CO)n(C)c1=O. The van der Waals surface area contributed by atoms with Crippen molar-refractivity contribution in [1.82, 2.24) is 18.7 Å². The Morgan fingerprint density at radius 2 is 1.86 bits per heavy atom. The van der Waals surface area contributed by atoms with Crippen molar-refractivity contribution in [2.45, 2.75) is 32.4 Å². The van der Waals surface area contributed by atoms with Crippen molar-refractivity contribution in [1.29, 1.82) is 0 Å². The maximum absolute atomic E-state index is 12.5. The third-order valence-electron chi connectivity index (χ3n) is 4.45. The van der Waals surface area contributed by atoms with E-state index in [9.17, 15) is 14.7 Å². The maximum atomic E-state index is 12.5. The average molecular weight is 307 g/mol. The van der Waals surface area contributed by atoms with Crippen LogP contribution >= 0.6 is 0 Å². The summed E-state index contributed by atoms with van der Waals surface area (Å²) in [5.41, 5.74) is -0.368. The minimum Gasteiger partial charge on any atom is -0.394 e. The zero-order valence-electron chi connectivity index (χ0n) is 13.3. The lowest BCUT2D eigenvalue weighted by Crippen LogP contribution is -2.50. The third kappa shape index (κ3) is 1.83. The van der Waals surface area contributed by atoms with Gasteiger partial charge in [-0.15, -0.1) is 0 Å². The molecule has 0 amide bonds. The molecule has 3 rings (SSSR count). The predicted molar refractivity (Wildman–Crippen MR) is 83.3 cm³/mol. The molecular formula is C14H21N5O3. The molecular weight excluding hydrogens is 286 g/mol. The minimum atomic E-state index is -0.482. The summed E-state index contributed by atoms with van der Waals surface area (Å²) in [6, 6.07) is 0. The lowest BCUT2D eigenvalue weighted by molar-refractivity contribution is 0.206. The van der Waals surface area contributed by atoms with Crippen LogP contribution in [0.1, 0.15) is 20.3 Å². The van der Waals surface area contributed by atoms with Crippen LogP contribution < -0.4 is 16.1 Å². The van der Waals surface area contributed by atoms with Crippen molar-refractivity contribution in [2.75, 3.05) is 18.1 Å². The Kier molecular flexibility index (Phi) is 3.17. The Hall–Kier alpha value is -2.09. The summed E-state index contributed by atoms with van der Waals surface area (Å²) < 4.78 is 4.36. The molecule has 0 spiro atoms. The molecule has 0 aromatic carbocycles. The van der Waals surface area contributed by atoms with Crippen LogP contribution in [-0.4, -0.2) is 42.5 Å². The summed E-state index contributed by atoms with van der Waals surface area (Å²) in [6.07, 6.45) is 0.855. The number of hydrogen-bond donors (Lipinski definition) is 1. The molecule has 8 heteroatoms. The molecule has 0 saturated heterocycles. The molecule has 8 nitrogen and oxygen atoms in total. The summed E-state index contributed by atoms with van der Waals surface area (Å²) in [7, 11) is 3.09. The smallest absolute Gasteiger partial charge is 0.332 e. The molecule has 0 fully saturated rings. The van der Waals surface area contributed by atoms with Gasteiger partial charge in [0.25, 0.3) is 5.56 Å². The van der Waals surface area contributed by atoms with Gasteiger partial charge in [-0.25, -0.2) is 4.79 Å². The summed E-state index contributed by atoms with van der Waals surface area (Å²) in [5, 5.41) is 9.64. The van der Waals surface area contributed by atoms with E-state index in [0.717, 1.165) is 17.5 Å². The van der Waals surface area contributed by atoms with E-state index in [1.165, 1.54) is 11.6 Å². The Bertz CT molecular complexity index is 858. The van der Waals surface area contributed by atoms with Gasteiger partial charge in [0.2, 0.25) is 5.95 Å². The second-order valence-corrected chi connectivity index (χ2v) is 6.42. The van der Waals surface area contributed by atoms with Gasteiger partial charge in [0.1, 0.15) is 0 Å². The van der Waals surface area contributed by atoms with E-state index in [-0.39, 0.29) is 17.9 Å². The van der Waals surface area contributed by atoms with Gasteiger partial charge in [-0.2, -0.15) is 4.98 Å². The van der Waals surface area contributed by atoms with E-state index in [0.29, 0.717) is 23.7 Å². The van der Waals surface area contributed by atoms with Crippen LogP contribution in [0.3, 0.4) is 0 Å². The van der Waals surface area contributed by atoms with Gasteiger partial charge in [0.05, 0.1) is 12.1 Å². The van der Waals surface area contributed by atoms with E-state index < -0.39 is 5.54 Å². The van der Waals surface area contributed by atoms with Crippen LogP contribution in [0.2, 0.25) is 0 Å². The molecule has 120 valence electrons. The molecule has 0 atom stereocenters. The number of imidazole rings is 1. The van der Waals surface area contributed by atoms with Crippen LogP contribution in [0, 0.1) is 0 Å². The number of anilines is 1. The van der Waals surface area contributed by atoms with E-state index in [2.05, 4.69) is 4.98 Å². The van der Waals surface area contributed by atoms with Crippen LogP contribution in [0.15, 0.2) is 9.59 Å². The zero-order valence-corrected chi connectivity index (χ0v) is 13.3. The van der Waals surface area contributed by atoms with Crippen molar-refractivity contribution < 1.29 is 5.11 Å².